The average Bonchev–Trinajstić information content (AvgIpc) is 3.27. The van der Waals surface area contributed by atoms with E-state index in [4.69, 9.17) is 16.0 Å². The lowest BCUT2D eigenvalue weighted by atomic mass is 10.0. The van der Waals surface area contributed by atoms with Crippen LogP contribution in [0, 0.1) is 12.3 Å². The Balaban J connectivity index is 1.56. The lowest BCUT2D eigenvalue weighted by Gasteiger charge is -2.24. The van der Waals surface area contributed by atoms with Crippen LogP contribution in [0.5, 0.6) is 0 Å². The number of rotatable bonds is 10. The number of carboxylic acid groups (broad SMARTS) is 1. The Morgan fingerprint density at radius 3 is 2.57 bits per heavy atom. The van der Waals surface area contributed by atoms with E-state index in [1.165, 1.54) is 19.2 Å². The standard InChI is InChI=1S/C23H27N5O6S/c1-14-4-3-5-18(10-14)35(32,33)28(2)20(23(30)31)13-26-21(29)12-17-11-19(27-34-17)15-6-8-16(9-7-15)22(24)25/h3-10,17,20H,11-13H2,1-2H3,(H3,24,25)(H,26,29)(H,30,31)/t17-,20+/m1/s1. The zero-order chi connectivity index (χ0) is 25.8. The SMILES string of the molecule is Cc1cccc(S(=O)(=O)N(C)[C@@H](CNC(=O)C[C@H]2CC(c3ccc(C(=N)N)cc3)=NO2)C(=O)O)c1. The predicted molar refractivity (Wildman–Crippen MR) is 129 cm³/mol. The summed E-state index contributed by atoms with van der Waals surface area (Å²) in [4.78, 5) is 29.5. The van der Waals surface area contributed by atoms with E-state index in [2.05, 4.69) is 10.5 Å². The normalized spacial score (nSPS) is 16.3. The highest BCUT2D eigenvalue weighted by molar-refractivity contribution is 7.89. The van der Waals surface area contributed by atoms with Crippen LogP contribution in [0.15, 0.2) is 58.6 Å². The van der Waals surface area contributed by atoms with Gasteiger partial charge in [0.25, 0.3) is 0 Å². The Morgan fingerprint density at radius 2 is 1.97 bits per heavy atom. The summed E-state index contributed by atoms with van der Waals surface area (Å²) in [6.07, 6.45) is -0.273. The molecule has 2 aromatic carbocycles. The van der Waals surface area contributed by atoms with Gasteiger partial charge in [0, 0.05) is 25.6 Å². The number of nitrogen functional groups attached to an aromatic ring is 1. The lowest BCUT2D eigenvalue weighted by molar-refractivity contribution is -0.141. The molecule has 0 spiro atoms. The summed E-state index contributed by atoms with van der Waals surface area (Å²) in [5, 5.41) is 23.5. The average molecular weight is 502 g/mol. The van der Waals surface area contributed by atoms with Gasteiger partial charge in [-0.05, 0) is 30.2 Å². The van der Waals surface area contributed by atoms with Crippen LogP contribution in [0.1, 0.15) is 29.5 Å². The van der Waals surface area contributed by atoms with Crippen LogP contribution in [0.2, 0.25) is 0 Å². The van der Waals surface area contributed by atoms with Gasteiger partial charge in [0.2, 0.25) is 15.9 Å². The highest BCUT2D eigenvalue weighted by Crippen LogP contribution is 2.20. The number of likely N-dealkylation sites (N-methyl/N-ethyl adjacent to an activating group) is 1. The first-order chi connectivity index (χ1) is 16.5. The molecule has 3 rings (SSSR count). The zero-order valence-corrected chi connectivity index (χ0v) is 20.1. The van der Waals surface area contributed by atoms with Gasteiger partial charge in [0.05, 0.1) is 17.0 Å². The summed E-state index contributed by atoms with van der Waals surface area (Å²) in [6.45, 7) is 1.32. The fraction of sp³-hybridized carbons (Fsp3) is 0.304. The third kappa shape index (κ3) is 6.22. The van der Waals surface area contributed by atoms with Crippen molar-refractivity contribution in [2.75, 3.05) is 13.6 Å². The molecule has 35 heavy (non-hydrogen) atoms. The summed E-state index contributed by atoms with van der Waals surface area (Å²) in [5.74, 6) is -1.93. The van der Waals surface area contributed by atoms with E-state index in [0.29, 0.717) is 23.3 Å². The maximum atomic E-state index is 12.9. The van der Waals surface area contributed by atoms with E-state index in [-0.39, 0.29) is 17.2 Å². The molecule has 2 aromatic rings. The molecule has 0 unspecified atom stereocenters. The number of nitrogens with two attached hydrogens (primary N) is 1. The number of nitrogens with one attached hydrogen (secondary N) is 2. The van der Waals surface area contributed by atoms with E-state index < -0.39 is 40.6 Å². The van der Waals surface area contributed by atoms with E-state index in [1.807, 2.05) is 0 Å². The topological polar surface area (TPSA) is 175 Å². The van der Waals surface area contributed by atoms with Crippen molar-refractivity contribution in [2.45, 2.75) is 36.8 Å². The fourth-order valence-electron chi connectivity index (χ4n) is 3.52. The number of aryl methyl sites for hydroxylation is 1. The Morgan fingerprint density at radius 1 is 1.29 bits per heavy atom. The van der Waals surface area contributed by atoms with Gasteiger partial charge in [-0.2, -0.15) is 4.31 Å². The van der Waals surface area contributed by atoms with Gasteiger partial charge in [-0.1, -0.05) is 41.6 Å². The van der Waals surface area contributed by atoms with Crippen LogP contribution in [0.4, 0.5) is 0 Å². The Bertz CT molecular complexity index is 1260. The number of carbonyl (C=O) groups is 2. The van der Waals surface area contributed by atoms with Gasteiger partial charge in [0.1, 0.15) is 18.0 Å². The summed E-state index contributed by atoms with van der Waals surface area (Å²) >= 11 is 0. The van der Waals surface area contributed by atoms with Crippen molar-refractivity contribution in [3.05, 3.63) is 65.2 Å². The smallest absolute Gasteiger partial charge is 0.323 e. The van der Waals surface area contributed by atoms with Gasteiger partial charge in [-0.15, -0.1) is 0 Å². The summed E-state index contributed by atoms with van der Waals surface area (Å²) in [5.41, 5.74) is 8.14. The summed E-state index contributed by atoms with van der Waals surface area (Å²) < 4.78 is 26.5. The number of carbonyl (C=O) groups excluding carboxylic acids is 1. The van der Waals surface area contributed by atoms with Crippen molar-refractivity contribution in [1.82, 2.24) is 9.62 Å². The Labute approximate surface area is 203 Å². The highest BCUT2D eigenvalue weighted by atomic mass is 32.2. The molecule has 1 heterocycles. The Hall–Kier alpha value is -3.77. The van der Waals surface area contributed by atoms with Crippen LogP contribution in [0.25, 0.3) is 0 Å². The van der Waals surface area contributed by atoms with Crippen LogP contribution < -0.4 is 11.1 Å². The van der Waals surface area contributed by atoms with Crippen LogP contribution in [-0.2, 0) is 24.4 Å². The molecule has 0 bridgehead atoms. The highest BCUT2D eigenvalue weighted by Gasteiger charge is 2.33. The number of nitrogens with zero attached hydrogens (tertiary/aromatic N) is 2. The number of benzene rings is 2. The molecular weight excluding hydrogens is 474 g/mol. The largest absolute Gasteiger partial charge is 0.480 e. The molecule has 12 heteroatoms. The van der Waals surface area contributed by atoms with Crippen molar-refractivity contribution < 1.29 is 28.0 Å². The maximum Gasteiger partial charge on any atom is 0.323 e. The van der Waals surface area contributed by atoms with Crippen molar-refractivity contribution in [3.63, 3.8) is 0 Å². The second-order valence-electron chi connectivity index (χ2n) is 8.16. The quantitative estimate of drug-likeness (QED) is 0.278. The molecule has 0 aliphatic carbocycles. The first kappa shape index (κ1) is 25.8. The number of aliphatic carboxylic acids is 1. The second kappa shape index (κ2) is 10.7. The minimum atomic E-state index is -4.09. The van der Waals surface area contributed by atoms with Crippen LogP contribution in [-0.4, -0.2) is 67.0 Å². The van der Waals surface area contributed by atoms with Crippen LogP contribution in [0.3, 0.4) is 0 Å². The predicted octanol–water partition coefficient (Wildman–Crippen LogP) is 1.05. The maximum absolute atomic E-state index is 12.9. The minimum Gasteiger partial charge on any atom is -0.480 e. The molecule has 186 valence electrons. The number of hydrogen-bond donors (Lipinski definition) is 4. The van der Waals surface area contributed by atoms with Gasteiger partial charge in [-0.25, -0.2) is 8.42 Å². The summed E-state index contributed by atoms with van der Waals surface area (Å²) in [6, 6.07) is 11.5. The molecule has 11 nitrogen and oxygen atoms in total. The number of carboxylic acids is 1. The fourth-order valence-corrected chi connectivity index (χ4v) is 4.94. The third-order valence-corrected chi connectivity index (χ3v) is 7.42. The molecule has 1 aliphatic rings. The van der Waals surface area contributed by atoms with Crippen molar-refractivity contribution in [1.29, 1.82) is 5.41 Å². The molecule has 5 N–H and O–H groups in total. The molecule has 0 saturated heterocycles. The number of sulfonamides is 1. The molecule has 1 amide bonds. The molecule has 0 radical (unpaired) electrons. The van der Waals surface area contributed by atoms with Gasteiger partial charge >= 0.3 is 5.97 Å². The first-order valence-corrected chi connectivity index (χ1v) is 12.1. The monoisotopic (exact) mass is 501 g/mol. The molecule has 0 fully saturated rings. The summed E-state index contributed by atoms with van der Waals surface area (Å²) in [7, 11) is -2.92. The third-order valence-electron chi connectivity index (χ3n) is 5.56. The number of hydrogen-bond acceptors (Lipinski definition) is 7. The van der Waals surface area contributed by atoms with E-state index >= 15 is 0 Å². The van der Waals surface area contributed by atoms with Crippen molar-refractivity contribution in [3.8, 4) is 0 Å². The van der Waals surface area contributed by atoms with Gasteiger partial charge in [-0.3, -0.25) is 15.0 Å². The first-order valence-electron chi connectivity index (χ1n) is 10.7. The van der Waals surface area contributed by atoms with E-state index in [0.717, 1.165) is 9.87 Å². The molecule has 2 atom stereocenters. The van der Waals surface area contributed by atoms with E-state index in [1.54, 1.807) is 43.3 Å². The lowest BCUT2D eigenvalue weighted by Crippen LogP contribution is -2.49. The Kier molecular flexibility index (Phi) is 7.87. The van der Waals surface area contributed by atoms with Gasteiger partial charge in [0.15, 0.2) is 0 Å². The molecular formula is C23H27N5O6S. The van der Waals surface area contributed by atoms with Crippen molar-refractivity contribution >= 4 is 33.4 Å². The molecule has 1 aliphatic heterocycles. The van der Waals surface area contributed by atoms with Crippen molar-refractivity contribution in [2.24, 2.45) is 10.9 Å². The molecule has 0 aromatic heterocycles. The number of amidine groups is 1. The van der Waals surface area contributed by atoms with Crippen LogP contribution >= 0.6 is 0 Å². The second-order valence-corrected chi connectivity index (χ2v) is 10.2. The number of amides is 1. The molecule has 0 saturated carbocycles. The zero-order valence-electron chi connectivity index (χ0n) is 19.3. The minimum absolute atomic E-state index is 0.0297. The van der Waals surface area contributed by atoms with Gasteiger partial charge < -0.3 is 21.0 Å². The number of oxime groups is 1. The van der Waals surface area contributed by atoms with E-state index in [9.17, 15) is 23.1 Å².